The predicted molar refractivity (Wildman–Crippen MR) is 106 cm³/mol. The van der Waals surface area contributed by atoms with Crippen molar-refractivity contribution in [3.05, 3.63) is 33.7 Å². The van der Waals surface area contributed by atoms with E-state index in [1.807, 2.05) is 26.5 Å². The largest absolute Gasteiger partial charge is 0.366 e. The number of aromatic nitrogens is 1. The summed E-state index contributed by atoms with van der Waals surface area (Å²) in [6, 6.07) is 3.96. The number of carbonyl (C=O) groups is 1. The number of nitrogens with one attached hydrogen (secondary N) is 1. The number of hydrogen-bond acceptors (Lipinski definition) is 5. The Bertz CT molecular complexity index is 838. The van der Waals surface area contributed by atoms with Crippen molar-refractivity contribution in [1.29, 1.82) is 0 Å². The van der Waals surface area contributed by atoms with Gasteiger partial charge in [-0.3, -0.25) is 14.5 Å². The van der Waals surface area contributed by atoms with Crippen molar-refractivity contribution in [1.82, 2.24) is 19.7 Å². The number of alkyl halides is 1. The average Bonchev–Trinajstić information content (AvgIpc) is 3.15. The molecular weight excluding hydrogens is 375 g/mol. The molecule has 7 nitrogen and oxygen atoms in total. The number of likely N-dealkylation sites (tertiary alicyclic amines) is 2. The van der Waals surface area contributed by atoms with Gasteiger partial charge in [-0.1, -0.05) is 6.07 Å². The molecule has 2 bridgehead atoms. The predicted octanol–water partition coefficient (Wildman–Crippen LogP) is 0.326. The second kappa shape index (κ2) is 7.81. The molecule has 0 saturated carbocycles. The first-order valence-electron chi connectivity index (χ1n) is 10.8. The standard InChI is InChI=1S/C21H29FN4O3/c22-17-3-5-24(13-17)11-15-1-2-18-16-7-14(10-26(18)20(15)27)9-25(12-16)21(28)19-8-23-4-6-29-19/h1-2,14,16-17,19,23H,3-13H2/t14-,16+,17-,19+/m0/s1. The fraction of sp³-hybridized carbons (Fsp3) is 0.714. The lowest BCUT2D eigenvalue weighted by atomic mass is 9.82. The van der Waals surface area contributed by atoms with Gasteiger partial charge in [-0.15, -0.1) is 0 Å². The first-order chi connectivity index (χ1) is 14.1. The van der Waals surface area contributed by atoms with Crippen LogP contribution in [0.3, 0.4) is 0 Å². The Labute approximate surface area is 169 Å². The van der Waals surface area contributed by atoms with Gasteiger partial charge in [-0.2, -0.15) is 0 Å². The zero-order valence-corrected chi connectivity index (χ0v) is 16.7. The lowest BCUT2D eigenvalue weighted by Gasteiger charge is -2.44. The van der Waals surface area contributed by atoms with Crippen LogP contribution in [0.1, 0.15) is 30.0 Å². The Kier molecular flexibility index (Phi) is 5.17. The molecule has 1 amide bonds. The lowest BCUT2D eigenvalue weighted by molar-refractivity contribution is -0.148. The van der Waals surface area contributed by atoms with Gasteiger partial charge in [0.15, 0.2) is 0 Å². The Morgan fingerprint density at radius 3 is 2.90 bits per heavy atom. The average molecular weight is 404 g/mol. The number of piperidine rings is 1. The second-order valence-corrected chi connectivity index (χ2v) is 8.93. The molecule has 8 heteroatoms. The third kappa shape index (κ3) is 3.73. The number of halogens is 1. The Morgan fingerprint density at radius 2 is 2.14 bits per heavy atom. The summed E-state index contributed by atoms with van der Waals surface area (Å²) in [5.41, 5.74) is 1.83. The summed E-state index contributed by atoms with van der Waals surface area (Å²) >= 11 is 0. The molecule has 5 heterocycles. The highest BCUT2D eigenvalue weighted by Gasteiger charge is 2.39. The molecule has 4 aliphatic rings. The summed E-state index contributed by atoms with van der Waals surface area (Å²) in [5, 5.41) is 3.22. The van der Waals surface area contributed by atoms with E-state index in [0.717, 1.165) is 24.2 Å². The minimum atomic E-state index is -0.776. The monoisotopic (exact) mass is 404 g/mol. The quantitative estimate of drug-likeness (QED) is 0.786. The maximum atomic E-state index is 13.5. The summed E-state index contributed by atoms with van der Waals surface area (Å²) in [6.45, 7) is 5.55. The van der Waals surface area contributed by atoms with Crippen molar-refractivity contribution in [3.63, 3.8) is 0 Å². The number of hydrogen-bond donors (Lipinski definition) is 1. The number of morpholine rings is 1. The van der Waals surface area contributed by atoms with E-state index in [2.05, 4.69) is 5.32 Å². The molecule has 3 fully saturated rings. The zero-order chi connectivity index (χ0) is 20.0. The number of rotatable bonds is 3. The van der Waals surface area contributed by atoms with Gasteiger partial charge in [0, 0.05) is 69.5 Å². The van der Waals surface area contributed by atoms with Crippen molar-refractivity contribution in [2.75, 3.05) is 45.9 Å². The fourth-order valence-electron chi connectivity index (χ4n) is 5.39. The smallest absolute Gasteiger partial charge is 0.255 e. The molecule has 0 aliphatic carbocycles. The summed E-state index contributed by atoms with van der Waals surface area (Å²) in [4.78, 5) is 30.0. The van der Waals surface area contributed by atoms with E-state index in [1.54, 1.807) is 0 Å². The van der Waals surface area contributed by atoms with Gasteiger partial charge in [0.2, 0.25) is 0 Å². The van der Waals surface area contributed by atoms with Crippen molar-refractivity contribution in [3.8, 4) is 0 Å². The van der Waals surface area contributed by atoms with Crippen LogP contribution in [0.15, 0.2) is 16.9 Å². The first kappa shape index (κ1) is 19.2. The van der Waals surface area contributed by atoms with Crippen molar-refractivity contribution < 1.29 is 13.9 Å². The summed E-state index contributed by atoms with van der Waals surface area (Å²) in [6.07, 6.45) is 0.399. The fourth-order valence-corrected chi connectivity index (χ4v) is 5.39. The van der Waals surface area contributed by atoms with E-state index in [9.17, 15) is 14.0 Å². The van der Waals surface area contributed by atoms with Gasteiger partial charge in [0.25, 0.3) is 11.5 Å². The van der Waals surface area contributed by atoms with E-state index in [-0.39, 0.29) is 23.3 Å². The van der Waals surface area contributed by atoms with Crippen LogP contribution in [-0.4, -0.2) is 78.4 Å². The number of pyridine rings is 1. The highest BCUT2D eigenvalue weighted by Crippen LogP contribution is 2.35. The molecule has 0 spiro atoms. The molecule has 0 unspecified atom stereocenters. The highest BCUT2D eigenvalue weighted by atomic mass is 19.1. The van der Waals surface area contributed by atoms with Crippen LogP contribution in [0.2, 0.25) is 0 Å². The summed E-state index contributed by atoms with van der Waals surface area (Å²) < 4.78 is 21.0. The second-order valence-electron chi connectivity index (χ2n) is 8.93. The third-order valence-electron chi connectivity index (χ3n) is 6.81. The number of ether oxygens (including phenoxy) is 1. The molecule has 4 atom stereocenters. The molecule has 3 saturated heterocycles. The normalized spacial score (nSPS) is 32.2. The molecule has 5 rings (SSSR count). The van der Waals surface area contributed by atoms with Crippen LogP contribution in [0.5, 0.6) is 0 Å². The minimum absolute atomic E-state index is 0.0547. The van der Waals surface area contributed by atoms with Crippen LogP contribution >= 0.6 is 0 Å². The zero-order valence-electron chi connectivity index (χ0n) is 16.7. The topological polar surface area (TPSA) is 66.8 Å². The number of carbonyl (C=O) groups excluding carboxylic acids is 1. The molecule has 158 valence electrons. The third-order valence-corrected chi connectivity index (χ3v) is 6.81. The van der Waals surface area contributed by atoms with Gasteiger partial charge in [0.1, 0.15) is 12.3 Å². The minimum Gasteiger partial charge on any atom is -0.366 e. The molecule has 1 aromatic rings. The number of nitrogens with zero attached hydrogens (tertiary/aromatic N) is 3. The van der Waals surface area contributed by atoms with E-state index >= 15 is 0 Å². The molecule has 4 aliphatic heterocycles. The maximum Gasteiger partial charge on any atom is 0.255 e. The van der Waals surface area contributed by atoms with E-state index in [0.29, 0.717) is 58.8 Å². The van der Waals surface area contributed by atoms with Crippen molar-refractivity contribution >= 4 is 5.91 Å². The molecular formula is C21H29FN4O3. The molecule has 1 aromatic heterocycles. The van der Waals surface area contributed by atoms with E-state index in [1.165, 1.54) is 0 Å². The molecule has 29 heavy (non-hydrogen) atoms. The van der Waals surface area contributed by atoms with Crippen LogP contribution in [0.25, 0.3) is 0 Å². The Balaban J connectivity index is 1.33. The van der Waals surface area contributed by atoms with Gasteiger partial charge in [0.05, 0.1) is 6.61 Å². The van der Waals surface area contributed by atoms with Crippen LogP contribution < -0.4 is 10.9 Å². The SMILES string of the molecule is O=C([C@H]1CNCCO1)N1C[C@@H]2C[C@H](C1)c1ccc(CN3CC[C@H](F)C3)c(=O)n1C2. The Hall–Kier alpha value is -1.77. The van der Waals surface area contributed by atoms with Crippen molar-refractivity contribution in [2.45, 2.75) is 44.1 Å². The first-order valence-corrected chi connectivity index (χ1v) is 10.8. The van der Waals surface area contributed by atoms with Crippen LogP contribution in [-0.2, 0) is 22.6 Å². The molecule has 0 aromatic carbocycles. The maximum absolute atomic E-state index is 13.5. The number of fused-ring (bicyclic) bond motifs is 4. The molecule has 0 radical (unpaired) electrons. The number of amides is 1. The van der Waals surface area contributed by atoms with Gasteiger partial charge in [-0.05, 0) is 24.8 Å². The van der Waals surface area contributed by atoms with E-state index in [4.69, 9.17) is 4.74 Å². The van der Waals surface area contributed by atoms with E-state index < -0.39 is 12.3 Å². The molecule has 1 N–H and O–H groups in total. The summed E-state index contributed by atoms with van der Waals surface area (Å²) in [5.74, 6) is 0.539. The summed E-state index contributed by atoms with van der Waals surface area (Å²) in [7, 11) is 0. The van der Waals surface area contributed by atoms with Crippen molar-refractivity contribution in [2.24, 2.45) is 5.92 Å². The van der Waals surface area contributed by atoms with Crippen LogP contribution in [0, 0.1) is 5.92 Å². The Morgan fingerprint density at radius 1 is 1.24 bits per heavy atom. The van der Waals surface area contributed by atoms with Gasteiger partial charge < -0.3 is 19.5 Å². The lowest BCUT2D eigenvalue weighted by Crippen LogP contribution is -2.55. The van der Waals surface area contributed by atoms with Gasteiger partial charge >= 0.3 is 0 Å². The van der Waals surface area contributed by atoms with Crippen LogP contribution in [0.4, 0.5) is 4.39 Å². The van der Waals surface area contributed by atoms with Gasteiger partial charge in [-0.25, -0.2) is 4.39 Å². The highest BCUT2D eigenvalue weighted by molar-refractivity contribution is 5.81.